The van der Waals surface area contributed by atoms with Gasteiger partial charge < -0.3 is 10.7 Å². The molecule has 146 valence electrons. The second-order valence-electron chi connectivity index (χ2n) is 7.14. The molecule has 4 N–H and O–H groups in total. The van der Waals surface area contributed by atoms with Crippen molar-refractivity contribution in [1.29, 1.82) is 0 Å². The van der Waals surface area contributed by atoms with Gasteiger partial charge in [-0.2, -0.15) is 11.3 Å². The zero-order valence-corrected chi connectivity index (χ0v) is 17.1. The number of nitrogens with one attached hydrogen (secondary N) is 1. The van der Waals surface area contributed by atoms with Crippen molar-refractivity contribution >= 4 is 22.2 Å². The van der Waals surface area contributed by atoms with Crippen molar-refractivity contribution in [3.8, 4) is 33.5 Å². The molecule has 0 aliphatic carbocycles. The topological polar surface area (TPSA) is 73.4 Å². The highest BCUT2D eigenvalue weighted by molar-refractivity contribution is 7.08. The van der Waals surface area contributed by atoms with Gasteiger partial charge in [-0.05, 0) is 34.0 Å². The monoisotopic (exact) mass is 410 g/mol. The van der Waals surface area contributed by atoms with Gasteiger partial charge in [0.2, 0.25) is 0 Å². The number of thiophene rings is 1. The lowest BCUT2D eigenvalue weighted by Gasteiger charge is -2.13. The largest absolute Gasteiger partial charge is 0.354 e. The third-order valence-corrected chi connectivity index (χ3v) is 5.99. The van der Waals surface area contributed by atoms with E-state index in [1.807, 2.05) is 47.8 Å². The molecule has 2 aromatic carbocycles. The molecule has 30 heavy (non-hydrogen) atoms. The summed E-state index contributed by atoms with van der Waals surface area (Å²) < 4.78 is 0. The highest BCUT2D eigenvalue weighted by Gasteiger charge is 2.16. The predicted octanol–water partition coefficient (Wildman–Crippen LogP) is 4.73. The third-order valence-electron chi connectivity index (χ3n) is 5.30. The number of quaternary nitrogens is 1. The van der Waals surface area contributed by atoms with Crippen LogP contribution in [-0.2, 0) is 6.54 Å². The zero-order valence-electron chi connectivity index (χ0n) is 16.3. The summed E-state index contributed by atoms with van der Waals surface area (Å²) in [5.41, 5.74) is 11.6. The van der Waals surface area contributed by atoms with Crippen molar-refractivity contribution in [3.63, 3.8) is 0 Å². The summed E-state index contributed by atoms with van der Waals surface area (Å²) in [4.78, 5) is 20.7. The number of benzene rings is 2. The average molecular weight is 411 g/mol. The number of H-pyrrole nitrogens is 1. The molecule has 4 nitrogen and oxygen atoms in total. The van der Waals surface area contributed by atoms with Crippen molar-refractivity contribution in [3.05, 3.63) is 99.6 Å². The van der Waals surface area contributed by atoms with E-state index in [2.05, 4.69) is 40.4 Å². The summed E-state index contributed by atoms with van der Waals surface area (Å²) in [5, 5.41) is 4.70. The van der Waals surface area contributed by atoms with Crippen LogP contribution in [0.5, 0.6) is 0 Å². The molecule has 0 amide bonds. The average Bonchev–Trinajstić information content (AvgIpc) is 3.34. The van der Waals surface area contributed by atoms with Crippen molar-refractivity contribution in [1.82, 2.24) is 9.97 Å². The number of rotatable bonds is 4. The van der Waals surface area contributed by atoms with Crippen LogP contribution in [0.15, 0.2) is 88.5 Å². The first-order chi connectivity index (χ1) is 14.7. The molecule has 0 bridgehead atoms. The molecule has 0 unspecified atom stereocenters. The minimum atomic E-state index is -0.132. The minimum absolute atomic E-state index is 0.132. The van der Waals surface area contributed by atoms with Crippen molar-refractivity contribution in [2.24, 2.45) is 0 Å². The number of hydrogen-bond acceptors (Lipinski definition) is 3. The molecule has 0 aliphatic rings. The van der Waals surface area contributed by atoms with Gasteiger partial charge in [0.25, 0.3) is 5.56 Å². The number of aromatic amines is 1. The fourth-order valence-electron chi connectivity index (χ4n) is 3.70. The Balaban J connectivity index is 1.85. The Kier molecular flexibility index (Phi) is 4.75. The van der Waals surface area contributed by atoms with E-state index < -0.39 is 0 Å². The van der Waals surface area contributed by atoms with Gasteiger partial charge >= 0.3 is 0 Å². The Hall–Kier alpha value is -3.54. The second kappa shape index (κ2) is 7.71. The van der Waals surface area contributed by atoms with E-state index in [1.165, 1.54) is 5.56 Å². The van der Waals surface area contributed by atoms with Crippen LogP contribution < -0.4 is 11.3 Å². The Morgan fingerprint density at radius 2 is 1.70 bits per heavy atom. The Morgan fingerprint density at radius 3 is 2.40 bits per heavy atom. The SMILES string of the molecule is [NH3+]Cc1ccc(-c2nc3c(-c4ccsc4)c[nH]c(=O)c3cc2-c2ccccc2)cc1. The Labute approximate surface area is 177 Å². The van der Waals surface area contributed by atoms with Crippen molar-refractivity contribution in [2.75, 3.05) is 0 Å². The highest BCUT2D eigenvalue weighted by Crippen LogP contribution is 2.35. The fraction of sp³-hybridized carbons (Fsp3) is 0.0400. The molecule has 0 spiro atoms. The molecule has 0 radical (unpaired) electrons. The van der Waals surface area contributed by atoms with E-state index in [4.69, 9.17) is 4.98 Å². The van der Waals surface area contributed by atoms with Gasteiger partial charge in [-0.3, -0.25) is 4.79 Å². The molecular weight excluding hydrogens is 390 g/mol. The van der Waals surface area contributed by atoms with Gasteiger partial charge in [0, 0.05) is 28.5 Å². The molecule has 0 saturated carbocycles. The molecule has 0 saturated heterocycles. The summed E-state index contributed by atoms with van der Waals surface area (Å²) in [7, 11) is 0. The van der Waals surface area contributed by atoms with E-state index in [0.717, 1.165) is 40.1 Å². The van der Waals surface area contributed by atoms with Crippen LogP contribution in [0.3, 0.4) is 0 Å². The fourth-order valence-corrected chi connectivity index (χ4v) is 4.36. The van der Waals surface area contributed by atoms with Crippen LogP contribution >= 0.6 is 11.3 Å². The molecule has 3 aromatic heterocycles. The molecular formula is C25H20N3OS+. The van der Waals surface area contributed by atoms with E-state index >= 15 is 0 Å². The lowest BCUT2D eigenvalue weighted by atomic mass is 9.96. The van der Waals surface area contributed by atoms with E-state index in [1.54, 1.807) is 17.5 Å². The molecule has 5 heteroatoms. The Bertz CT molecular complexity index is 1370. The smallest absolute Gasteiger partial charge is 0.257 e. The molecule has 0 fully saturated rings. The standard InChI is InChI=1S/C25H19N3OS/c26-13-16-6-8-18(9-7-16)23-20(17-4-2-1-3-5-17)12-21-24(28-23)22(14-27-25(21)29)19-10-11-30-15-19/h1-12,14-15H,13,26H2,(H,27,29)/p+1. The number of fused-ring (bicyclic) bond motifs is 1. The van der Waals surface area contributed by atoms with Gasteiger partial charge in [-0.25, -0.2) is 4.98 Å². The summed E-state index contributed by atoms with van der Waals surface area (Å²) in [6, 6.07) is 22.4. The first-order valence-corrected chi connectivity index (χ1v) is 10.7. The quantitative estimate of drug-likeness (QED) is 0.450. The van der Waals surface area contributed by atoms with Gasteiger partial charge in [0.05, 0.1) is 23.1 Å². The van der Waals surface area contributed by atoms with Gasteiger partial charge in [-0.1, -0.05) is 54.6 Å². The summed E-state index contributed by atoms with van der Waals surface area (Å²) in [5.74, 6) is 0. The maximum Gasteiger partial charge on any atom is 0.257 e. The maximum absolute atomic E-state index is 12.7. The third kappa shape index (κ3) is 3.24. The predicted molar refractivity (Wildman–Crippen MR) is 123 cm³/mol. The van der Waals surface area contributed by atoms with Crippen LogP contribution in [0.2, 0.25) is 0 Å². The highest BCUT2D eigenvalue weighted by atomic mass is 32.1. The Morgan fingerprint density at radius 1 is 0.900 bits per heavy atom. The maximum atomic E-state index is 12.7. The molecule has 3 heterocycles. The van der Waals surface area contributed by atoms with Crippen LogP contribution in [0.4, 0.5) is 0 Å². The van der Waals surface area contributed by atoms with Crippen molar-refractivity contribution in [2.45, 2.75) is 6.54 Å². The lowest BCUT2D eigenvalue weighted by Crippen LogP contribution is -2.47. The van der Waals surface area contributed by atoms with Crippen LogP contribution in [0, 0.1) is 0 Å². The summed E-state index contributed by atoms with van der Waals surface area (Å²) >= 11 is 1.63. The lowest BCUT2D eigenvalue weighted by molar-refractivity contribution is -0.386. The number of nitrogens with zero attached hydrogens (tertiary/aromatic N) is 1. The van der Waals surface area contributed by atoms with E-state index in [-0.39, 0.29) is 5.56 Å². The van der Waals surface area contributed by atoms with Gasteiger partial charge in [-0.15, -0.1) is 0 Å². The second-order valence-corrected chi connectivity index (χ2v) is 7.92. The van der Waals surface area contributed by atoms with Gasteiger partial charge in [0.1, 0.15) is 0 Å². The summed E-state index contributed by atoms with van der Waals surface area (Å²) in [6.45, 7) is 0.745. The van der Waals surface area contributed by atoms with Gasteiger partial charge in [0.15, 0.2) is 0 Å². The number of aromatic nitrogens is 2. The minimum Gasteiger partial charge on any atom is -0.354 e. The molecule has 5 aromatic rings. The van der Waals surface area contributed by atoms with Crippen LogP contribution in [-0.4, -0.2) is 9.97 Å². The summed E-state index contributed by atoms with van der Waals surface area (Å²) in [6.07, 6.45) is 1.76. The first-order valence-electron chi connectivity index (χ1n) is 9.77. The number of pyridine rings is 2. The first kappa shape index (κ1) is 18.5. The van der Waals surface area contributed by atoms with Crippen LogP contribution in [0.1, 0.15) is 5.56 Å². The number of hydrogen-bond donors (Lipinski definition) is 2. The molecule has 0 aliphatic heterocycles. The normalized spacial score (nSPS) is 11.1. The van der Waals surface area contributed by atoms with Crippen LogP contribution in [0.25, 0.3) is 44.4 Å². The van der Waals surface area contributed by atoms with Crippen molar-refractivity contribution < 1.29 is 5.73 Å². The zero-order chi connectivity index (χ0) is 20.5. The molecule has 0 atom stereocenters. The molecule has 5 rings (SSSR count). The van der Waals surface area contributed by atoms with E-state index in [9.17, 15) is 4.79 Å². The van der Waals surface area contributed by atoms with E-state index in [0.29, 0.717) is 10.9 Å².